The molecule has 0 radical (unpaired) electrons. The molecule has 35 nitrogen and oxygen atoms in total. The maximum atomic E-state index is 13.2. The summed E-state index contributed by atoms with van der Waals surface area (Å²) < 4.78 is 35.9. The average molecular weight is 1820 g/mol. The first-order valence-electron chi connectivity index (χ1n) is 41.9. The van der Waals surface area contributed by atoms with Crippen LogP contribution in [-0.2, 0) is 101 Å². The van der Waals surface area contributed by atoms with Crippen LogP contribution in [-0.4, -0.2) is 144 Å². The highest BCUT2D eigenvalue weighted by Gasteiger charge is 2.65. The molecule has 4 saturated heterocycles. The first-order chi connectivity index (χ1) is 62.7. The highest BCUT2D eigenvalue weighted by molar-refractivity contribution is 6.06. The van der Waals surface area contributed by atoms with Crippen LogP contribution in [0.1, 0.15) is 104 Å². The van der Waals surface area contributed by atoms with Crippen molar-refractivity contribution in [2.75, 3.05) is 47.1 Å². The highest BCUT2D eigenvalue weighted by atomic mass is 16.6. The Bertz CT molecular complexity index is 5090. The van der Waals surface area contributed by atoms with Gasteiger partial charge in [0.1, 0.15) is 46.0 Å². The van der Waals surface area contributed by atoms with Crippen molar-refractivity contribution in [2.24, 2.45) is 71.0 Å². The number of nitrogen functional groups attached to an aromatic ring is 2. The minimum absolute atomic E-state index is 0. The summed E-state index contributed by atoms with van der Waals surface area (Å²) in [5, 5.41) is 29.1. The fourth-order valence-corrected chi connectivity index (χ4v) is 16.1. The van der Waals surface area contributed by atoms with Gasteiger partial charge in [-0.25, -0.2) is 0 Å². The lowest BCUT2D eigenvalue weighted by Gasteiger charge is -2.42. The number of cyclic esters (lactones) is 4. The molecule has 10 N–H and O–H groups in total. The van der Waals surface area contributed by atoms with Crippen molar-refractivity contribution < 1.29 is 130 Å². The van der Waals surface area contributed by atoms with Crippen molar-refractivity contribution in [3.05, 3.63) is 211 Å². The summed E-state index contributed by atoms with van der Waals surface area (Å²) in [6, 6.07) is 58.3. The molecule has 16 rings (SSSR count). The van der Waals surface area contributed by atoms with E-state index in [4.69, 9.17) is 49.6 Å². The predicted molar refractivity (Wildman–Crippen MR) is 477 cm³/mol. The summed E-state index contributed by atoms with van der Waals surface area (Å²) in [5.41, 5.74) is 18.1. The lowest BCUT2D eigenvalue weighted by Crippen LogP contribution is -2.56. The SMILES string of the molecule is C.CC.CC.CC(=O)OC(C)=O.Cc1ccc(Oc2ccc(N3CC4CC5CN(C)C(=O)C4C5C3=O)cc2)cc1.Cc1ccc(Oc2ccc(NC(=O)C3CC(C(=O)O)CC3NC=O)cc2)cc1.Cc1ccc(Oc2ccc(NC(=O)C3CC(C(=O)O)CC3NC=O)cc2)cc1.Nc1ccc(Oc2ccc(N)cc2)cc1.O=C1OC(=O)C2C3CC1C2C(=O)OC3=O.O=C=O.O=C=O. The summed E-state index contributed by atoms with van der Waals surface area (Å²) in [6.45, 7) is 17.7. The number of carbonyl (C=O) groups is 14. The highest BCUT2D eigenvalue weighted by Crippen LogP contribution is 2.52. The second-order valence-corrected chi connectivity index (χ2v) is 30.7. The number of aryl methyl sites for hydroxylation is 3. The van der Waals surface area contributed by atoms with Gasteiger partial charge in [-0.2, -0.15) is 19.2 Å². The number of carboxylic acids is 2. The van der Waals surface area contributed by atoms with Crippen molar-refractivity contribution in [3.63, 3.8) is 0 Å². The van der Waals surface area contributed by atoms with Gasteiger partial charge in [0.2, 0.25) is 36.4 Å². The number of ether oxygens (including phenoxy) is 7. The lowest BCUT2D eigenvalue weighted by atomic mass is 9.79. The number of carboxylic acid groups (broad SMARTS) is 2. The van der Waals surface area contributed by atoms with E-state index < -0.39 is 107 Å². The molecule has 698 valence electrons. The van der Waals surface area contributed by atoms with Gasteiger partial charge < -0.3 is 85.9 Å². The van der Waals surface area contributed by atoms with E-state index in [0.717, 1.165) is 69.1 Å². The molecule has 14 unspecified atom stereocenters. The van der Waals surface area contributed by atoms with Gasteiger partial charge in [0.25, 0.3) is 0 Å². The molecule has 8 aliphatic rings. The lowest BCUT2D eigenvalue weighted by molar-refractivity contribution is -0.193. The van der Waals surface area contributed by atoms with E-state index in [1.165, 1.54) is 19.4 Å². The minimum Gasteiger partial charge on any atom is -0.481 e. The van der Waals surface area contributed by atoms with Crippen LogP contribution in [0.15, 0.2) is 194 Å². The molecule has 8 fully saturated rings. The topological polar surface area (TPSA) is 519 Å². The second-order valence-electron chi connectivity index (χ2n) is 30.7. The molecule has 8 bridgehead atoms. The van der Waals surface area contributed by atoms with Gasteiger partial charge in [-0.05, 0) is 229 Å². The molecule has 14 atom stereocenters. The van der Waals surface area contributed by atoms with Crippen LogP contribution < -0.4 is 56.6 Å². The molecule has 4 saturated carbocycles. The van der Waals surface area contributed by atoms with Crippen molar-refractivity contribution in [3.8, 4) is 46.0 Å². The summed E-state index contributed by atoms with van der Waals surface area (Å²) in [5.74, 6) is -5.72. The molecule has 35 heteroatoms. The van der Waals surface area contributed by atoms with Crippen molar-refractivity contribution in [1.29, 1.82) is 0 Å². The molecular formula is C97H108N8O27. The standard InChI is InChI=1S/C23H24N2O3.2C21H22N2O5.C12H12N2O.C9H6O6.C4H6O3.2C2H6.2CO2.CH4/c1-14-3-7-18(8-4-14)28-19-9-5-17(6-10-19)25-13-16-11-15-12-24(2)22(26)20(16)21(15)23(25)27;2*1-13-2-6-16(7-3-13)28-17-8-4-15(5-9-17)23-20(25)18-10-14(21(26)27)11-19(18)22-12-24;13-9-1-5-11(6-2-9)15-12-7-3-10(14)4-8-12;10-6-2-1-3-5(9(13)14-6)4(2)8(12)15-7(3)11;1-3(5)7-4(2)6;2*1-2;2*2-1-3;/h3-10,15-16,20-21H,11-13H2,1-2H3;2*2-9,12,14,18-19H,10-11H2,1H3,(H,22,24)(H,23,25)(H,26,27);1-8H,13-14H2;2-5H,1H2;1-2H3;2*1-2H3;;;1H4. The van der Waals surface area contributed by atoms with Crippen molar-refractivity contribution >= 4 is 125 Å². The van der Waals surface area contributed by atoms with Gasteiger partial charge in [0.15, 0.2) is 0 Å². The number of hydrogen-bond donors (Lipinski definition) is 8. The van der Waals surface area contributed by atoms with E-state index in [9.17, 15) is 77.3 Å². The third-order valence-corrected chi connectivity index (χ3v) is 22.0. The monoisotopic (exact) mass is 1820 g/mol. The molecule has 4 aliphatic heterocycles. The van der Waals surface area contributed by atoms with Crippen LogP contribution >= 0.6 is 0 Å². The number of hydrogen-bond acceptors (Lipinski definition) is 27. The normalized spacial score (nSPS) is 21.6. The number of nitrogens with zero attached hydrogens (tertiary/aromatic N) is 2. The summed E-state index contributed by atoms with van der Waals surface area (Å²) in [7, 11) is 1.86. The molecule has 132 heavy (non-hydrogen) atoms. The number of nitrogens with one attached hydrogen (secondary N) is 4. The third-order valence-electron chi connectivity index (χ3n) is 22.0. The Labute approximate surface area is 761 Å². The Morgan fingerprint density at radius 2 is 0.697 bits per heavy atom. The van der Waals surface area contributed by atoms with Crippen LogP contribution in [0.2, 0.25) is 0 Å². The molecule has 4 aliphatic carbocycles. The van der Waals surface area contributed by atoms with Crippen LogP contribution in [0.4, 0.5) is 28.4 Å². The molecule has 6 amide bonds. The third kappa shape index (κ3) is 29.8. The molecule has 8 aromatic carbocycles. The number of esters is 6. The summed E-state index contributed by atoms with van der Waals surface area (Å²) in [4.78, 5) is 196. The fraction of sp³-hybridized carbons (Fsp3) is 0.340. The number of aliphatic carboxylic acids is 2. The molecule has 8 aromatic rings. The Morgan fingerprint density at radius 1 is 0.409 bits per heavy atom. The van der Waals surface area contributed by atoms with Crippen LogP contribution in [0.5, 0.6) is 46.0 Å². The van der Waals surface area contributed by atoms with E-state index in [-0.39, 0.29) is 93.2 Å². The van der Waals surface area contributed by atoms with E-state index in [0.29, 0.717) is 54.7 Å². The van der Waals surface area contributed by atoms with E-state index in [1.807, 2.05) is 187 Å². The number of carbonyl (C=O) groups excluding carboxylic acids is 16. The largest absolute Gasteiger partial charge is 0.481 e. The zero-order valence-electron chi connectivity index (χ0n) is 73.5. The second kappa shape index (κ2) is 51.5. The molecule has 0 spiro atoms. The first-order valence-corrected chi connectivity index (χ1v) is 41.9. The van der Waals surface area contributed by atoms with E-state index in [1.54, 1.807) is 72.8 Å². The van der Waals surface area contributed by atoms with E-state index in [2.05, 4.69) is 35.5 Å². The molecule has 4 heterocycles. The maximum Gasteiger partial charge on any atom is 0.373 e. The number of piperidine rings is 2. The zero-order chi connectivity index (χ0) is 96.3. The summed E-state index contributed by atoms with van der Waals surface area (Å²) >= 11 is 0. The minimum atomic E-state index is -0.953. The number of anilines is 5. The van der Waals surface area contributed by atoms with Gasteiger partial charge in [0, 0.05) is 74.5 Å². The van der Waals surface area contributed by atoms with Crippen molar-refractivity contribution in [2.45, 2.75) is 120 Å². The average Bonchev–Trinajstić information content (AvgIpc) is 1.57. The Hall–Kier alpha value is -15.5. The Morgan fingerprint density at radius 3 is 0.992 bits per heavy atom. The molecule has 0 aromatic heterocycles. The van der Waals surface area contributed by atoms with Crippen molar-refractivity contribution in [1.82, 2.24) is 15.5 Å². The Kier molecular flexibility index (Phi) is 41.1. The number of nitrogens with two attached hydrogens (primary N) is 2. The summed E-state index contributed by atoms with van der Waals surface area (Å²) in [6.07, 6.45) is 3.55. The predicted octanol–water partition coefficient (Wildman–Crippen LogP) is 12.7. The van der Waals surface area contributed by atoms with Gasteiger partial charge in [-0.3, -0.25) is 67.1 Å². The van der Waals surface area contributed by atoms with Crippen LogP contribution in [0.3, 0.4) is 0 Å². The van der Waals surface area contributed by atoms with Gasteiger partial charge in [-0.15, -0.1) is 0 Å². The number of rotatable bonds is 19. The molecular weight excluding hydrogens is 1710 g/mol. The number of amides is 6. The number of benzene rings is 8. The quantitative estimate of drug-likeness (QED) is 0.0122. The first kappa shape index (κ1) is 105. The van der Waals surface area contributed by atoms with E-state index >= 15 is 0 Å². The maximum absolute atomic E-state index is 13.2. The number of likely N-dealkylation sites (tertiary alicyclic amines) is 1. The van der Waals surface area contributed by atoms with Gasteiger partial charge in [0.05, 0.1) is 59.2 Å². The fourth-order valence-electron chi connectivity index (χ4n) is 16.1. The zero-order valence-corrected chi connectivity index (χ0v) is 73.5. The van der Waals surface area contributed by atoms with Crippen LogP contribution in [0.25, 0.3) is 0 Å². The van der Waals surface area contributed by atoms with Gasteiger partial charge in [-0.1, -0.05) is 88.2 Å². The Balaban J connectivity index is 0.000000247. The smallest absolute Gasteiger partial charge is 0.373 e. The van der Waals surface area contributed by atoms with Gasteiger partial charge >= 0.3 is 60.1 Å². The van der Waals surface area contributed by atoms with Crippen LogP contribution in [0, 0.1) is 91.8 Å².